The average molecular weight is 475 g/mol. The van der Waals surface area contributed by atoms with Gasteiger partial charge in [0, 0.05) is 55.9 Å². The van der Waals surface area contributed by atoms with Gasteiger partial charge in [0.25, 0.3) is 0 Å². The largest absolute Gasteiger partial charge is 0.398 e. The van der Waals surface area contributed by atoms with E-state index < -0.39 is 10.0 Å². The lowest BCUT2D eigenvalue weighted by Gasteiger charge is -2.31. The highest BCUT2D eigenvalue weighted by Gasteiger charge is 2.32. The summed E-state index contributed by atoms with van der Waals surface area (Å²) in [4.78, 5) is 9.24. The van der Waals surface area contributed by atoms with Crippen LogP contribution in [0.3, 0.4) is 0 Å². The van der Waals surface area contributed by atoms with Crippen LogP contribution >= 0.6 is 0 Å². The van der Waals surface area contributed by atoms with Gasteiger partial charge in [0.1, 0.15) is 18.6 Å². The number of benzene rings is 1. The fraction of sp³-hybridized carbons (Fsp3) is 0.261. The van der Waals surface area contributed by atoms with Gasteiger partial charge in [-0.3, -0.25) is 4.98 Å². The molecule has 0 saturated carbocycles. The van der Waals surface area contributed by atoms with Gasteiger partial charge in [-0.15, -0.1) is 0 Å². The SMILES string of the molecule is Bc1cnn2c(NCc3cccnc3)cc(C3CCN(S(=O)(=O)c4ccccc4N)CC3)nc12. The van der Waals surface area contributed by atoms with Crippen LogP contribution in [0.4, 0.5) is 11.5 Å². The van der Waals surface area contributed by atoms with Gasteiger partial charge in [-0.05, 0) is 42.1 Å². The van der Waals surface area contributed by atoms with Gasteiger partial charge in [-0.1, -0.05) is 18.2 Å². The van der Waals surface area contributed by atoms with Crippen molar-refractivity contribution in [3.05, 3.63) is 72.3 Å². The molecule has 3 aromatic heterocycles. The number of aromatic nitrogens is 4. The molecule has 0 aliphatic carbocycles. The molecule has 4 heterocycles. The highest BCUT2D eigenvalue weighted by atomic mass is 32.2. The number of nitrogens with two attached hydrogens (primary N) is 1. The van der Waals surface area contributed by atoms with Gasteiger partial charge in [-0.2, -0.15) is 13.9 Å². The molecule has 0 spiro atoms. The molecule has 11 heteroatoms. The van der Waals surface area contributed by atoms with E-state index in [-0.39, 0.29) is 16.5 Å². The van der Waals surface area contributed by atoms with E-state index in [1.54, 1.807) is 36.7 Å². The standard InChI is InChI=1S/C23H26BN7O2S/c24-18-15-28-31-22(27-14-16-4-3-9-26-13-16)12-20(29-23(18)31)17-7-10-30(11-8-17)34(32,33)21-6-2-1-5-19(21)25/h1-6,9,12-13,15,17,27H,7-8,10-11,14,24-25H2. The van der Waals surface area contributed by atoms with Crippen LogP contribution in [0.5, 0.6) is 0 Å². The highest BCUT2D eigenvalue weighted by Crippen LogP contribution is 2.32. The second-order valence-corrected chi connectivity index (χ2v) is 10.5. The zero-order valence-corrected chi connectivity index (χ0v) is 19.7. The predicted octanol–water partition coefficient (Wildman–Crippen LogP) is 1.15. The Hall–Kier alpha value is -3.44. The van der Waals surface area contributed by atoms with Crippen molar-refractivity contribution in [2.24, 2.45) is 0 Å². The van der Waals surface area contributed by atoms with Crippen molar-refractivity contribution < 1.29 is 8.42 Å². The smallest absolute Gasteiger partial charge is 0.245 e. The fourth-order valence-electron chi connectivity index (χ4n) is 4.37. The minimum atomic E-state index is -3.62. The molecule has 0 bridgehead atoms. The van der Waals surface area contributed by atoms with Crippen LogP contribution in [-0.4, -0.2) is 53.2 Å². The van der Waals surface area contributed by atoms with Crippen LogP contribution in [0.25, 0.3) is 5.65 Å². The molecule has 174 valence electrons. The van der Waals surface area contributed by atoms with E-state index >= 15 is 0 Å². The van der Waals surface area contributed by atoms with Crippen molar-refractivity contribution in [2.75, 3.05) is 24.1 Å². The molecular weight excluding hydrogens is 449 g/mol. The third-order valence-electron chi connectivity index (χ3n) is 6.27. The quantitative estimate of drug-likeness (QED) is 0.317. The Morgan fingerprint density at radius 2 is 1.91 bits per heavy atom. The number of hydrogen-bond acceptors (Lipinski definition) is 7. The molecule has 0 atom stereocenters. The molecule has 1 aromatic carbocycles. The second kappa shape index (κ2) is 9.07. The van der Waals surface area contributed by atoms with Crippen LogP contribution < -0.4 is 16.5 Å². The lowest BCUT2D eigenvalue weighted by molar-refractivity contribution is 0.317. The van der Waals surface area contributed by atoms with Crippen LogP contribution in [0.2, 0.25) is 0 Å². The van der Waals surface area contributed by atoms with Crippen molar-refractivity contribution >= 4 is 40.5 Å². The highest BCUT2D eigenvalue weighted by molar-refractivity contribution is 7.89. The van der Waals surface area contributed by atoms with Crippen LogP contribution in [0, 0.1) is 0 Å². The van der Waals surface area contributed by atoms with E-state index in [1.807, 2.05) is 36.8 Å². The Morgan fingerprint density at radius 3 is 2.65 bits per heavy atom. The summed E-state index contributed by atoms with van der Waals surface area (Å²) < 4.78 is 29.6. The van der Waals surface area contributed by atoms with Crippen molar-refractivity contribution in [3.63, 3.8) is 0 Å². The summed E-state index contributed by atoms with van der Waals surface area (Å²) in [6.07, 6.45) is 6.76. The summed E-state index contributed by atoms with van der Waals surface area (Å²) in [5, 5.41) is 7.94. The van der Waals surface area contributed by atoms with E-state index in [2.05, 4.69) is 15.4 Å². The summed E-state index contributed by atoms with van der Waals surface area (Å²) in [5.41, 5.74) is 10.0. The maximum absolute atomic E-state index is 13.1. The second-order valence-electron chi connectivity index (χ2n) is 8.56. The number of pyridine rings is 1. The number of piperidine rings is 1. The minimum absolute atomic E-state index is 0.151. The first kappa shape index (κ1) is 22.4. The van der Waals surface area contributed by atoms with Gasteiger partial charge in [0.2, 0.25) is 10.0 Å². The molecule has 1 fully saturated rings. The monoisotopic (exact) mass is 475 g/mol. The number of fused-ring (bicyclic) bond motifs is 1. The first-order valence-electron chi connectivity index (χ1n) is 11.3. The summed E-state index contributed by atoms with van der Waals surface area (Å²) in [6.45, 7) is 1.45. The Bertz CT molecular complexity index is 1420. The number of para-hydroxylation sites is 1. The van der Waals surface area contributed by atoms with Crippen LogP contribution in [-0.2, 0) is 16.6 Å². The van der Waals surface area contributed by atoms with Gasteiger partial charge in [0.05, 0.1) is 5.69 Å². The number of nitrogen functional groups attached to an aromatic ring is 1. The molecule has 1 aliphatic heterocycles. The zero-order chi connectivity index (χ0) is 23.7. The Labute approximate surface area is 199 Å². The number of nitrogens with zero attached hydrogens (tertiary/aromatic N) is 5. The molecule has 0 radical (unpaired) electrons. The van der Waals surface area contributed by atoms with Crippen molar-refractivity contribution in [1.82, 2.24) is 23.9 Å². The minimum Gasteiger partial charge on any atom is -0.398 e. The summed E-state index contributed by atoms with van der Waals surface area (Å²) in [5.74, 6) is 1.00. The summed E-state index contributed by atoms with van der Waals surface area (Å²) in [7, 11) is -1.63. The Kier molecular flexibility index (Phi) is 5.97. The number of hydrogen-bond donors (Lipinski definition) is 2. The Balaban J connectivity index is 1.37. The van der Waals surface area contributed by atoms with Gasteiger partial charge < -0.3 is 11.1 Å². The van der Waals surface area contributed by atoms with Crippen LogP contribution in [0.15, 0.2) is 66.0 Å². The molecule has 5 rings (SSSR count). The first-order chi connectivity index (χ1) is 16.4. The van der Waals surface area contributed by atoms with Gasteiger partial charge in [-0.25, -0.2) is 13.4 Å². The maximum Gasteiger partial charge on any atom is 0.245 e. The van der Waals surface area contributed by atoms with Gasteiger partial charge >= 0.3 is 0 Å². The molecule has 9 nitrogen and oxygen atoms in total. The molecule has 0 amide bonds. The number of nitrogens with one attached hydrogen (secondary N) is 1. The van der Waals surface area contributed by atoms with E-state index in [0.717, 1.165) is 28.2 Å². The van der Waals surface area contributed by atoms with Crippen molar-refractivity contribution in [3.8, 4) is 0 Å². The van der Waals surface area contributed by atoms with E-state index in [4.69, 9.17) is 10.7 Å². The zero-order valence-electron chi connectivity index (χ0n) is 18.9. The topological polar surface area (TPSA) is 119 Å². The lowest BCUT2D eigenvalue weighted by atomic mass is 9.94. The van der Waals surface area contributed by atoms with E-state index in [0.29, 0.717) is 32.5 Å². The van der Waals surface area contributed by atoms with E-state index in [9.17, 15) is 8.42 Å². The van der Waals surface area contributed by atoms with Gasteiger partial charge in [0.15, 0.2) is 5.65 Å². The normalized spacial score (nSPS) is 15.5. The molecule has 4 aromatic rings. The van der Waals surface area contributed by atoms with Crippen LogP contribution in [0.1, 0.15) is 30.0 Å². The number of rotatable bonds is 6. The molecule has 0 unspecified atom stereocenters. The lowest BCUT2D eigenvalue weighted by Crippen LogP contribution is -2.38. The number of anilines is 2. The number of sulfonamides is 1. The van der Waals surface area contributed by atoms with Crippen molar-refractivity contribution in [1.29, 1.82) is 0 Å². The third kappa shape index (κ3) is 4.24. The summed E-state index contributed by atoms with van der Waals surface area (Å²) >= 11 is 0. The van der Waals surface area contributed by atoms with Crippen molar-refractivity contribution in [2.45, 2.75) is 30.2 Å². The first-order valence-corrected chi connectivity index (χ1v) is 12.7. The summed E-state index contributed by atoms with van der Waals surface area (Å²) in [6, 6.07) is 12.6. The third-order valence-corrected chi connectivity index (χ3v) is 8.25. The maximum atomic E-state index is 13.1. The molecule has 34 heavy (non-hydrogen) atoms. The molecule has 3 N–H and O–H groups in total. The average Bonchev–Trinajstić information content (AvgIpc) is 3.24. The molecule has 1 saturated heterocycles. The molecule has 1 aliphatic rings. The Morgan fingerprint density at radius 1 is 1.12 bits per heavy atom. The predicted molar refractivity (Wildman–Crippen MR) is 134 cm³/mol. The fourth-order valence-corrected chi connectivity index (χ4v) is 5.95. The molecular formula is C23H26BN7O2S. The van der Waals surface area contributed by atoms with E-state index in [1.165, 1.54) is 4.31 Å².